The van der Waals surface area contributed by atoms with Gasteiger partial charge in [0.25, 0.3) is 0 Å². The number of hydrogen-bond donors (Lipinski definition) is 0. The molecule has 0 saturated carbocycles. The highest BCUT2D eigenvalue weighted by Crippen LogP contribution is 2.41. The lowest BCUT2D eigenvalue weighted by molar-refractivity contribution is -0.194. The van der Waals surface area contributed by atoms with Gasteiger partial charge in [-0.15, -0.1) is 0 Å². The lowest BCUT2D eigenvalue weighted by Gasteiger charge is -2.22. The minimum Gasteiger partial charge on any atom is -0.469 e. The number of rotatable bonds is 5. The van der Waals surface area contributed by atoms with Crippen molar-refractivity contribution in [3.63, 3.8) is 0 Å². The predicted molar refractivity (Wildman–Crippen MR) is 85.8 cm³/mol. The Hall–Kier alpha value is -2.64. The van der Waals surface area contributed by atoms with Crippen LogP contribution in [0, 0.1) is 5.92 Å². The first-order chi connectivity index (χ1) is 12.2. The Morgan fingerprint density at radius 1 is 1.04 bits per heavy atom. The fraction of sp³-hybridized carbons (Fsp3) is 0.333. The van der Waals surface area contributed by atoms with E-state index in [0.29, 0.717) is 12.3 Å². The molecular weight excluding hydrogens is 326 g/mol. The van der Waals surface area contributed by atoms with E-state index in [-0.39, 0.29) is 0 Å². The van der Waals surface area contributed by atoms with Crippen molar-refractivity contribution in [2.45, 2.75) is 18.7 Å². The first-order valence-corrected chi connectivity index (χ1v) is 7.82. The smallest absolute Gasteiger partial charge is 0.338 e. The number of esters is 2. The van der Waals surface area contributed by atoms with Crippen LogP contribution in [0.25, 0.3) is 0 Å². The Morgan fingerprint density at radius 2 is 1.76 bits per heavy atom. The maximum absolute atomic E-state index is 12.4. The summed E-state index contributed by atoms with van der Waals surface area (Å²) in [5, 5.41) is 1.57. The van der Waals surface area contributed by atoms with Crippen LogP contribution in [-0.4, -0.2) is 37.3 Å². The summed E-state index contributed by atoms with van der Waals surface area (Å²) in [5.41, 5.74) is 0.966. The summed E-state index contributed by atoms with van der Waals surface area (Å²) in [6, 6.07) is 12.4. The van der Waals surface area contributed by atoms with E-state index in [1.54, 1.807) is 17.2 Å². The second-order valence-corrected chi connectivity index (χ2v) is 5.62. The largest absolute Gasteiger partial charge is 0.469 e. The van der Waals surface area contributed by atoms with Gasteiger partial charge in [0.2, 0.25) is 0 Å². The van der Waals surface area contributed by atoms with Crippen LogP contribution < -0.4 is 0 Å². The normalized spacial score (nSPS) is 23.4. The zero-order valence-corrected chi connectivity index (χ0v) is 14.0. The van der Waals surface area contributed by atoms with Crippen LogP contribution in [0.4, 0.5) is 0 Å². The number of hydrogen-bond acceptors (Lipinski definition) is 7. The molecule has 3 rings (SSSR count). The van der Waals surface area contributed by atoms with Crippen molar-refractivity contribution in [3.8, 4) is 0 Å². The molecule has 1 aromatic heterocycles. The second-order valence-electron chi connectivity index (χ2n) is 5.62. The van der Waals surface area contributed by atoms with Crippen LogP contribution in [0.2, 0.25) is 0 Å². The molecule has 7 nitrogen and oxygen atoms in total. The van der Waals surface area contributed by atoms with Gasteiger partial charge in [-0.05, 0) is 17.7 Å². The number of carbonyl (C=O) groups is 2. The molecule has 0 N–H and O–H groups in total. The molecule has 1 fully saturated rings. The number of nitrogens with zero attached hydrogens (tertiary/aromatic N) is 1. The summed E-state index contributed by atoms with van der Waals surface area (Å²) in [7, 11) is 2.53. The first-order valence-electron chi connectivity index (χ1n) is 7.82. The van der Waals surface area contributed by atoms with Gasteiger partial charge in [-0.2, -0.15) is 5.06 Å². The molecule has 0 radical (unpaired) electrons. The van der Waals surface area contributed by atoms with Crippen LogP contribution in [0.3, 0.4) is 0 Å². The minimum atomic E-state index is -1.10. The van der Waals surface area contributed by atoms with Gasteiger partial charge in [0.1, 0.15) is 17.7 Å². The van der Waals surface area contributed by atoms with Crippen LogP contribution in [0.5, 0.6) is 0 Å². The molecular formula is C18H19NO6. The topological polar surface area (TPSA) is 78.2 Å². The van der Waals surface area contributed by atoms with Gasteiger partial charge in [-0.25, -0.2) is 4.79 Å². The average molecular weight is 345 g/mol. The lowest BCUT2D eigenvalue weighted by atomic mass is 9.92. The van der Waals surface area contributed by atoms with E-state index in [9.17, 15) is 9.59 Å². The van der Waals surface area contributed by atoms with E-state index in [4.69, 9.17) is 18.7 Å². The van der Waals surface area contributed by atoms with Crippen molar-refractivity contribution in [2.75, 3.05) is 14.2 Å². The van der Waals surface area contributed by atoms with E-state index in [0.717, 1.165) is 5.56 Å². The molecule has 0 bridgehead atoms. The Balaban J connectivity index is 1.97. The van der Waals surface area contributed by atoms with Gasteiger partial charge in [0.05, 0.1) is 20.5 Å². The number of ether oxygens (including phenoxy) is 2. The molecule has 3 atom stereocenters. The highest BCUT2D eigenvalue weighted by Gasteiger charge is 2.53. The van der Waals surface area contributed by atoms with Gasteiger partial charge in [-0.1, -0.05) is 30.3 Å². The molecule has 0 spiro atoms. The van der Waals surface area contributed by atoms with Gasteiger partial charge in [-0.3, -0.25) is 9.63 Å². The van der Waals surface area contributed by atoms with Crippen molar-refractivity contribution in [3.05, 3.63) is 60.1 Å². The SMILES string of the molecule is COC(=O)[C@H]1[C@@H](C(=O)OC)ON(Cc2ccccc2)[C@H]1c1ccco1. The Kier molecular flexibility index (Phi) is 5.16. The third kappa shape index (κ3) is 3.42. The number of benzene rings is 1. The maximum atomic E-state index is 12.4. The van der Waals surface area contributed by atoms with Crippen molar-refractivity contribution in [1.29, 1.82) is 0 Å². The van der Waals surface area contributed by atoms with Gasteiger partial charge < -0.3 is 13.9 Å². The Bertz CT molecular complexity index is 714. The highest BCUT2D eigenvalue weighted by atomic mass is 16.7. The molecule has 2 heterocycles. The summed E-state index contributed by atoms with van der Waals surface area (Å²) in [6.07, 6.45) is 0.409. The van der Waals surface area contributed by atoms with Crippen molar-refractivity contribution in [1.82, 2.24) is 5.06 Å². The van der Waals surface area contributed by atoms with Crippen molar-refractivity contribution >= 4 is 11.9 Å². The van der Waals surface area contributed by atoms with Crippen LogP contribution in [-0.2, 0) is 30.4 Å². The summed E-state index contributed by atoms with van der Waals surface area (Å²) < 4.78 is 15.2. The van der Waals surface area contributed by atoms with Crippen LogP contribution in [0.15, 0.2) is 53.1 Å². The zero-order chi connectivity index (χ0) is 17.8. The van der Waals surface area contributed by atoms with Crippen molar-refractivity contribution in [2.24, 2.45) is 5.92 Å². The Labute approximate surface area is 145 Å². The fourth-order valence-corrected chi connectivity index (χ4v) is 2.99. The van der Waals surface area contributed by atoms with Crippen molar-refractivity contribution < 1.29 is 28.3 Å². The monoisotopic (exact) mass is 345 g/mol. The molecule has 7 heteroatoms. The number of carbonyl (C=O) groups excluding carboxylic acids is 2. The summed E-state index contributed by atoms with van der Waals surface area (Å²) in [6.45, 7) is 0.368. The minimum absolute atomic E-state index is 0.368. The molecule has 132 valence electrons. The third-order valence-electron chi connectivity index (χ3n) is 4.15. The summed E-state index contributed by atoms with van der Waals surface area (Å²) >= 11 is 0. The predicted octanol–water partition coefficient (Wildman–Crippen LogP) is 2.10. The van der Waals surface area contributed by atoms with E-state index >= 15 is 0 Å². The summed E-state index contributed by atoms with van der Waals surface area (Å²) in [4.78, 5) is 30.3. The highest BCUT2D eigenvalue weighted by molar-refractivity contribution is 5.85. The standard InChI is InChI=1S/C18H19NO6/c1-22-17(20)14-15(13-9-6-10-24-13)19(25-16(14)18(21)23-2)11-12-7-4-3-5-8-12/h3-10,14-16H,11H2,1-2H3/t14-,15+,16+/m1/s1. The average Bonchev–Trinajstić information content (AvgIpc) is 3.28. The van der Waals surface area contributed by atoms with Crippen LogP contribution >= 0.6 is 0 Å². The van der Waals surface area contributed by atoms with Gasteiger partial charge in [0.15, 0.2) is 6.10 Å². The third-order valence-corrected chi connectivity index (χ3v) is 4.15. The molecule has 1 aliphatic rings. The zero-order valence-electron chi connectivity index (χ0n) is 14.0. The van der Waals surface area contributed by atoms with E-state index in [1.807, 2.05) is 30.3 Å². The van der Waals surface area contributed by atoms with E-state index in [2.05, 4.69) is 0 Å². The molecule has 1 aromatic carbocycles. The first kappa shape index (κ1) is 17.2. The molecule has 1 aliphatic heterocycles. The van der Waals surface area contributed by atoms with Crippen LogP contribution in [0.1, 0.15) is 17.4 Å². The van der Waals surface area contributed by atoms with E-state index < -0.39 is 30.0 Å². The molecule has 0 amide bonds. The van der Waals surface area contributed by atoms with Gasteiger partial charge in [0, 0.05) is 6.54 Å². The van der Waals surface area contributed by atoms with Gasteiger partial charge >= 0.3 is 11.9 Å². The molecule has 25 heavy (non-hydrogen) atoms. The maximum Gasteiger partial charge on any atom is 0.338 e. The van der Waals surface area contributed by atoms with E-state index in [1.165, 1.54) is 20.5 Å². The Morgan fingerprint density at radius 3 is 2.36 bits per heavy atom. The second kappa shape index (κ2) is 7.50. The number of hydroxylamine groups is 2. The lowest BCUT2D eigenvalue weighted by Crippen LogP contribution is -2.35. The molecule has 2 aromatic rings. The molecule has 1 saturated heterocycles. The number of methoxy groups -OCH3 is 2. The fourth-order valence-electron chi connectivity index (χ4n) is 2.99. The summed E-state index contributed by atoms with van der Waals surface area (Å²) in [5.74, 6) is -1.58. The molecule has 0 aliphatic carbocycles. The number of furan rings is 1. The molecule has 0 unspecified atom stereocenters. The quantitative estimate of drug-likeness (QED) is 0.768.